The second kappa shape index (κ2) is 19.2. The molecule has 6 heteroatoms. The molecule has 0 aromatic rings. The first-order valence-corrected chi connectivity index (χ1v) is 9.57. The highest BCUT2D eigenvalue weighted by Gasteiger charge is 2.07. The zero-order valence-corrected chi connectivity index (χ0v) is 18.6. The summed E-state index contributed by atoms with van der Waals surface area (Å²) in [6.45, 7) is 15.1. The number of aliphatic hydroxyl groups is 1. The maximum Gasteiger partial charge on any atom is 0.191 e. The van der Waals surface area contributed by atoms with E-state index in [0.717, 1.165) is 64.4 Å². The molecule has 0 fully saturated rings. The lowest BCUT2D eigenvalue weighted by Gasteiger charge is -2.18. The number of aliphatic hydroxyl groups excluding tert-OH is 1. The maximum atomic E-state index is 9.13. The molecule has 3 N–H and O–H groups in total. The predicted octanol–water partition coefficient (Wildman–Crippen LogP) is 3.08. The van der Waals surface area contributed by atoms with Gasteiger partial charge in [0.15, 0.2) is 5.96 Å². The summed E-state index contributed by atoms with van der Waals surface area (Å²) in [5.41, 5.74) is 0. The average molecular weight is 456 g/mol. The Hall–Kier alpha value is -0.0800. The normalized spacial score (nSPS) is 12.8. The molecule has 0 saturated heterocycles. The third kappa shape index (κ3) is 14.3. The third-order valence-electron chi connectivity index (χ3n) is 4.17. The Morgan fingerprint density at radius 3 is 2.29 bits per heavy atom. The van der Waals surface area contributed by atoms with Gasteiger partial charge in [-0.1, -0.05) is 27.2 Å². The van der Waals surface area contributed by atoms with Gasteiger partial charge in [-0.3, -0.25) is 4.99 Å². The van der Waals surface area contributed by atoms with Gasteiger partial charge in [0.1, 0.15) is 0 Å². The van der Waals surface area contributed by atoms with Crippen molar-refractivity contribution in [3.8, 4) is 0 Å². The number of rotatable bonds is 14. The predicted molar refractivity (Wildman–Crippen MR) is 117 cm³/mol. The molecule has 0 radical (unpaired) electrons. The summed E-state index contributed by atoms with van der Waals surface area (Å²) >= 11 is 0. The van der Waals surface area contributed by atoms with Crippen molar-refractivity contribution >= 4 is 29.9 Å². The first-order chi connectivity index (χ1) is 11.2. The van der Waals surface area contributed by atoms with Crippen molar-refractivity contribution in [2.75, 3.05) is 45.9 Å². The van der Waals surface area contributed by atoms with Crippen LogP contribution in [0.1, 0.15) is 59.8 Å². The van der Waals surface area contributed by atoms with E-state index < -0.39 is 0 Å². The van der Waals surface area contributed by atoms with E-state index in [2.05, 4.69) is 48.2 Å². The molecule has 0 rings (SSSR count). The number of hydrogen-bond donors (Lipinski definition) is 3. The Balaban J connectivity index is 0. The summed E-state index contributed by atoms with van der Waals surface area (Å²) < 4.78 is 0. The van der Waals surface area contributed by atoms with Gasteiger partial charge in [-0.15, -0.1) is 24.0 Å². The SMILES string of the molecule is CCCC(CCO)CN=C(NCC)NCCCCN(CC)CC.I. The van der Waals surface area contributed by atoms with E-state index in [1.165, 1.54) is 13.0 Å². The summed E-state index contributed by atoms with van der Waals surface area (Å²) in [4.78, 5) is 7.15. The Kier molecular flexibility index (Phi) is 21.0. The maximum absolute atomic E-state index is 9.13. The van der Waals surface area contributed by atoms with Crippen LogP contribution < -0.4 is 10.6 Å². The molecule has 24 heavy (non-hydrogen) atoms. The van der Waals surface area contributed by atoms with Crippen LogP contribution in [0.15, 0.2) is 4.99 Å². The Bertz CT molecular complexity index is 280. The van der Waals surface area contributed by atoms with Crippen LogP contribution in [0.25, 0.3) is 0 Å². The molecule has 0 saturated carbocycles. The molecular weight excluding hydrogens is 415 g/mol. The van der Waals surface area contributed by atoms with Crippen LogP contribution in [0.5, 0.6) is 0 Å². The van der Waals surface area contributed by atoms with E-state index in [9.17, 15) is 0 Å². The topological polar surface area (TPSA) is 59.9 Å². The molecule has 0 aliphatic carbocycles. The van der Waals surface area contributed by atoms with Crippen LogP contribution in [0.2, 0.25) is 0 Å². The van der Waals surface area contributed by atoms with E-state index in [0.29, 0.717) is 5.92 Å². The molecule has 0 heterocycles. The highest BCUT2D eigenvalue weighted by Crippen LogP contribution is 2.10. The quantitative estimate of drug-likeness (QED) is 0.163. The molecule has 1 unspecified atom stereocenters. The van der Waals surface area contributed by atoms with E-state index in [1.54, 1.807) is 0 Å². The molecule has 0 amide bonds. The lowest BCUT2D eigenvalue weighted by Crippen LogP contribution is -2.38. The van der Waals surface area contributed by atoms with Gasteiger partial charge in [0.05, 0.1) is 0 Å². The molecule has 0 bridgehead atoms. The molecule has 1 atom stereocenters. The van der Waals surface area contributed by atoms with Gasteiger partial charge in [-0.25, -0.2) is 0 Å². The first-order valence-electron chi connectivity index (χ1n) is 9.57. The first kappa shape index (κ1) is 26.2. The summed E-state index contributed by atoms with van der Waals surface area (Å²) in [5.74, 6) is 1.40. The number of nitrogens with one attached hydrogen (secondary N) is 2. The molecular formula is C18H41IN4O. The minimum absolute atomic E-state index is 0. The van der Waals surface area contributed by atoms with E-state index in [1.807, 2.05) is 0 Å². The van der Waals surface area contributed by atoms with E-state index >= 15 is 0 Å². The monoisotopic (exact) mass is 456 g/mol. The van der Waals surface area contributed by atoms with Gasteiger partial charge in [0.25, 0.3) is 0 Å². The van der Waals surface area contributed by atoms with Gasteiger partial charge in [-0.05, 0) is 58.2 Å². The fourth-order valence-corrected chi connectivity index (χ4v) is 2.69. The van der Waals surface area contributed by atoms with Gasteiger partial charge in [0, 0.05) is 26.2 Å². The zero-order valence-electron chi connectivity index (χ0n) is 16.3. The Morgan fingerprint density at radius 1 is 1.04 bits per heavy atom. The lowest BCUT2D eigenvalue weighted by molar-refractivity contribution is 0.253. The summed E-state index contributed by atoms with van der Waals surface area (Å²) in [6, 6.07) is 0. The highest BCUT2D eigenvalue weighted by atomic mass is 127. The minimum Gasteiger partial charge on any atom is -0.396 e. The summed E-state index contributed by atoms with van der Waals surface area (Å²) in [6.07, 6.45) is 5.51. The van der Waals surface area contributed by atoms with E-state index in [-0.39, 0.29) is 30.6 Å². The van der Waals surface area contributed by atoms with Crippen LogP contribution in [-0.2, 0) is 0 Å². The van der Waals surface area contributed by atoms with Gasteiger partial charge in [-0.2, -0.15) is 0 Å². The standard InChI is InChI=1S/C18H40N4O.HI/c1-5-11-17(12-15-23)16-21-18(19-6-2)20-13-9-10-14-22(7-3)8-4;/h17,23H,5-16H2,1-4H3,(H2,19,20,21);1H. The highest BCUT2D eigenvalue weighted by molar-refractivity contribution is 14.0. The second-order valence-corrected chi connectivity index (χ2v) is 6.05. The van der Waals surface area contributed by atoms with Crippen LogP contribution >= 0.6 is 24.0 Å². The van der Waals surface area contributed by atoms with Crippen LogP contribution in [0.3, 0.4) is 0 Å². The molecule has 146 valence electrons. The second-order valence-electron chi connectivity index (χ2n) is 6.05. The van der Waals surface area contributed by atoms with Crippen molar-refractivity contribution in [2.24, 2.45) is 10.9 Å². The number of halogens is 1. The fourth-order valence-electron chi connectivity index (χ4n) is 2.69. The smallest absolute Gasteiger partial charge is 0.191 e. The number of aliphatic imine (C=N–C) groups is 1. The van der Waals surface area contributed by atoms with Crippen LogP contribution in [0, 0.1) is 5.92 Å². The van der Waals surface area contributed by atoms with Gasteiger partial charge >= 0.3 is 0 Å². The van der Waals surface area contributed by atoms with Crippen molar-refractivity contribution < 1.29 is 5.11 Å². The van der Waals surface area contributed by atoms with Crippen LogP contribution in [-0.4, -0.2) is 61.8 Å². The number of unbranched alkanes of at least 4 members (excludes halogenated alkanes) is 1. The molecule has 0 aliphatic rings. The fraction of sp³-hybridized carbons (Fsp3) is 0.944. The minimum atomic E-state index is 0. The molecule has 0 spiro atoms. The number of guanidine groups is 1. The van der Waals surface area contributed by atoms with Gasteiger partial charge < -0.3 is 20.6 Å². The Morgan fingerprint density at radius 2 is 1.75 bits per heavy atom. The number of nitrogens with zero attached hydrogens (tertiary/aromatic N) is 2. The number of hydrogen-bond acceptors (Lipinski definition) is 3. The van der Waals surface area contributed by atoms with Crippen LogP contribution in [0.4, 0.5) is 0 Å². The van der Waals surface area contributed by atoms with Gasteiger partial charge in [0.2, 0.25) is 0 Å². The third-order valence-corrected chi connectivity index (χ3v) is 4.17. The van der Waals surface area contributed by atoms with E-state index in [4.69, 9.17) is 5.11 Å². The van der Waals surface area contributed by atoms with Crippen molar-refractivity contribution in [1.29, 1.82) is 0 Å². The lowest BCUT2D eigenvalue weighted by atomic mass is 10.0. The summed E-state index contributed by atoms with van der Waals surface area (Å²) in [5, 5.41) is 15.9. The molecule has 0 aliphatic heterocycles. The van der Waals surface area contributed by atoms with Crippen molar-refractivity contribution in [3.63, 3.8) is 0 Å². The Labute approximate surface area is 167 Å². The van der Waals surface area contributed by atoms with Crippen molar-refractivity contribution in [1.82, 2.24) is 15.5 Å². The molecule has 0 aromatic carbocycles. The molecule has 0 aromatic heterocycles. The van der Waals surface area contributed by atoms with Crippen molar-refractivity contribution in [2.45, 2.75) is 59.8 Å². The largest absolute Gasteiger partial charge is 0.396 e. The average Bonchev–Trinajstić information content (AvgIpc) is 2.56. The zero-order chi connectivity index (χ0) is 17.3. The summed E-state index contributed by atoms with van der Waals surface area (Å²) in [7, 11) is 0. The molecule has 5 nitrogen and oxygen atoms in total. The van der Waals surface area contributed by atoms with Crippen molar-refractivity contribution in [3.05, 3.63) is 0 Å².